The Bertz CT molecular complexity index is 1390. The van der Waals surface area contributed by atoms with E-state index in [4.69, 9.17) is 0 Å². The zero-order valence-corrected chi connectivity index (χ0v) is 29.0. The molecule has 0 saturated heterocycles. The second-order valence-electron chi connectivity index (χ2n) is 8.77. The summed E-state index contributed by atoms with van der Waals surface area (Å²) in [5.41, 5.74) is 7.89. The summed E-state index contributed by atoms with van der Waals surface area (Å²) in [5, 5.41) is 5.37. The van der Waals surface area contributed by atoms with E-state index in [-0.39, 0.29) is 51.0 Å². The van der Waals surface area contributed by atoms with Crippen molar-refractivity contribution in [2.45, 2.75) is 40.7 Å². The van der Waals surface area contributed by atoms with Crippen LogP contribution in [0.15, 0.2) is 121 Å². The van der Waals surface area contributed by atoms with Crippen molar-refractivity contribution in [3.8, 4) is 22.3 Å². The van der Waals surface area contributed by atoms with Gasteiger partial charge in [0.05, 0.1) is 0 Å². The summed E-state index contributed by atoms with van der Waals surface area (Å²) in [6.07, 6.45) is 0. The monoisotopic (exact) mass is 657 g/mol. The third kappa shape index (κ3) is 10.0. The fourth-order valence-electron chi connectivity index (χ4n) is 4.51. The van der Waals surface area contributed by atoms with E-state index in [1.54, 1.807) is 0 Å². The van der Waals surface area contributed by atoms with E-state index < -0.39 is 0 Å². The maximum atomic E-state index is 3.18. The molecular weight excluding hydrogens is 623 g/mol. The molecule has 0 aliphatic heterocycles. The third-order valence-electron chi connectivity index (χ3n) is 5.96. The van der Waals surface area contributed by atoms with Crippen molar-refractivity contribution in [2.24, 2.45) is 0 Å². The maximum Gasteiger partial charge on any atom is 4.00 e. The van der Waals surface area contributed by atoms with Crippen molar-refractivity contribution in [3.63, 3.8) is 0 Å². The molecule has 0 saturated carbocycles. The minimum atomic E-state index is 0. The molecule has 6 aromatic carbocycles. The Morgan fingerprint density at radius 3 is 1.20 bits per heavy atom. The van der Waals surface area contributed by atoms with Gasteiger partial charge in [0.1, 0.15) is 0 Å². The summed E-state index contributed by atoms with van der Waals surface area (Å²) in [4.78, 5) is 0. The molecule has 0 aromatic heterocycles. The number of halogens is 2. The van der Waals surface area contributed by atoms with E-state index in [9.17, 15) is 0 Å². The fraction of sp³-hybridized carbons (Fsp3) is 0.167. The van der Waals surface area contributed by atoms with Gasteiger partial charge in [-0.05, 0) is 11.1 Å². The summed E-state index contributed by atoms with van der Waals surface area (Å²) in [5.74, 6) is 0. The summed E-state index contributed by atoms with van der Waals surface area (Å²) < 4.78 is 0. The van der Waals surface area contributed by atoms with Crippen molar-refractivity contribution in [2.75, 3.05) is 0 Å². The molecular formula is C36H37Cl2SiZr. The van der Waals surface area contributed by atoms with Gasteiger partial charge < -0.3 is 24.8 Å². The molecule has 0 N–H and O–H groups in total. The maximum absolute atomic E-state index is 3.18. The molecule has 4 heteroatoms. The van der Waals surface area contributed by atoms with Gasteiger partial charge in [0.2, 0.25) is 0 Å². The zero-order chi connectivity index (χ0) is 26.6. The van der Waals surface area contributed by atoms with E-state index in [0.29, 0.717) is 0 Å². The number of benzene rings is 4. The summed E-state index contributed by atoms with van der Waals surface area (Å²) >= 11 is 0. The molecule has 0 heterocycles. The van der Waals surface area contributed by atoms with Crippen LogP contribution in [-0.4, -0.2) is 10.2 Å². The molecule has 0 nitrogen and oxygen atoms in total. The first-order valence-electron chi connectivity index (χ1n) is 13.2. The van der Waals surface area contributed by atoms with Crippen LogP contribution in [0.2, 0.25) is 6.04 Å². The van der Waals surface area contributed by atoms with Crippen molar-refractivity contribution in [1.82, 2.24) is 0 Å². The van der Waals surface area contributed by atoms with Crippen LogP contribution in [0.3, 0.4) is 0 Å². The fourth-order valence-corrected chi connectivity index (χ4v) is 4.51. The van der Waals surface area contributed by atoms with Crippen LogP contribution < -0.4 is 24.8 Å². The molecule has 0 fully saturated rings. The van der Waals surface area contributed by atoms with Gasteiger partial charge >= 0.3 is 26.2 Å². The second-order valence-corrected chi connectivity index (χ2v) is 9.48. The Kier molecular flexibility index (Phi) is 18.7. The van der Waals surface area contributed by atoms with Crippen molar-refractivity contribution in [1.29, 1.82) is 0 Å². The molecule has 203 valence electrons. The molecule has 0 bridgehead atoms. The van der Waals surface area contributed by atoms with Crippen molar-refractivity contribution >= 4 is 31.8 Å². The van der Waals surface area contributed by atoms with Gasteiger partial charge in [-0.25, -0.2) is 0 Å². The SMILES string of the molecule is CC.CC[Si].Cc1cc2c(-c3ccccc3)cccc2[cH-]1.Cc1cc2c(-c3ccccc3)cccc2[cH-]1.[Cl-].[Cl-].[Zr+4]. The number of hydrogen-bond acceptors (Lipinski definition) is 0. The normalized spacial score (nSPS) is 9.25. The Balaban J connectivity index is 0.000000616. The first-order chi connectivity index (χ1) is 18.1. The molecule has 40 heavy (non-hydrogen) atoms. The second kappa shape index (κ2) is 19.8. The van der Waals surface area contributed by atoms with Crippen LogP contribution in [0.25, 0.3) is 43.8 Å². The predicted octanol–water partition coefficient (Wildman–Crippen LogP) is 4.69. The first-order valence-corrected chi connectivity index (χ1v) is 13.9. The summed E-state index contributed by atoms with van der Waals surface area (Å²) in [6, 6.07) is 44.2. The van der Waals surface area contributed by atoms with Crippen LogP contribution >= 0.6 is 0 Å². The quantitative estimate of drug-likeness (QED) is 0.187. The van der Waals surface area contributed by atoms with Crippen molar-refractivity contribution < 1.29 is 51.0 Å². The smallest absolute Gasteiger partial charge is 1.00 e. The molecule has 0 spiro atoms. The Morgan fingerprint density at radius 2 is 0.875 bits per heavy atom. The summed E-state index contributed by atoms with van der Waals surface area (Å²) in [6.45, 7) is 10.3. The number of hydrogen-bond donors (Lipinski definition) is 0. The first kappa shape index (κ1) is 37.8. The molecule has 0 aliphatic carbocycles. The Labute approximate surface area is 276 Å². The van der Waals surface area contributed by atoms with Gasteiger partial charge in [0.25, 0.3) is 0 Å². The van der Waals surface area contributed by atoms with E-state index in [2.05, 4.69) is 145 Å². The Hall–Kier alpha value is -2.22. The van der Waals surface area contributed by atoms with Gasteiger partial charge in [0.15, 0.2) is 0 Å². The summed E-state index contributed by atoms with van der Waals surface area (Å²) in [7, 11) is 3.18. The van der Waals surface area contributed by atoms with E-state index >= 15 is 0 Å². The minimum absolute atomic E-state index is 0. The van der Waals surface area contributed by atoms with Gasteiger partial charge in [-0.15, -0.1) is 69.1 Å². The van der Waals surface area contributed by atoms with Gasteiger partial charge in [-0.2, -0.15) is 12.1 Å². The van der Waals surface area contributed by atoms with Crippen LogP contribution in [0.1, 0.15) is 31.9 Å². The minimum Gasteiger partial charge on any atom is -1.00 e. The number of rotatable bonds is 2. The third-order valence-corrected chi connectivity index (χ3v) is 5.96. The van der Waals surface area contributed by atoms with Crippen molar-refractivity contribution in [3.05, 3.63) is 132 Å². The average molecular weight is 660 g/mol. The standard InChI is InChI=1S/2C16H13.C2H5Si.C2H6.2ClH.Zr/c2*1-12-10-14-8-5-9-15(16(14)11-12)13-6-3-2-4-7-13;1-2-3;1-2;;;/h2*2-11H,1H3;2H2,1H3;1-2H3;2*1H;/q2*-1;;;;;+4/p-2. The largest absolute Gasteiger partial charge is 4.00 e. The average Bonchev–Trinajstić information content (AvgIpc) is 3.52. The van der Waals surface area contributed by atoms with Crippen LogP contribution in [-0.2, 0) is 26.2 Å². The molecule has 0 amide bonds. The van der Waals surface area contributed by atoms with E-state index in [0.717, 1.165) is 6.04 Å². The molecule has 0 atom stereocenters. The predicted molar refractivity (Wildman–Crippen MR) is 167 cm³/mol. The van der Waals surface area contributed by atoms with Crippen LogP contribution in [0, 0.1) is 13.8 Å². The van der Waals surface area contributed by atoms with E-state index in [1.165, 1.54) is 54.9 Å². The zero-order valence-electron chi connectivity index (χ0n) is 24.0. The molecule has 3 radical (unpaired) electrons. The number of aryl methyl sites for hydroxylation is 2. The van der Waals surface area contributed by atoms with Crippen LogP contribution in [0.5, 0.6) is 0 Å². The number of fused-ring (bicyclic) bond motifs is 2. The van der Waals surface area contributed by atoms with Gasteiger partial charge in [0, 0.05) is 10.2 Å². The topological polar surface area (TPSA) is 0 Å². The Morgan fingerprint density at radius 1 is 0.550 bits per heavy atom. The van der Waals surface area contributed by atoms with E-state index in [1.807, 2.05) is 20.8 Å². The molecule has 6 rings (SSSR count). The molecule has 0 unspecified atom stereocenters. The van der Waals surface area contributed by atoms with Gasteiger partial charge in [-0.3, -0.25) is 0 Å². The van der Waals surface area contributed by atoms with Crippen LogP contribution in [0.4, 0.5) is 0 Å². The molecule has 0 aliphatic rings. The van der Waals surface area contributed by atoms with Gasteiger partial charge in [-0.1, -0.05) is 125 Å². The molecule has 6 aromatic rings.